The second-order valence-corrected chi connectivity index (χ2v) is 6.72. The molecule has 1 aliphatic rings. The van der Waals surface area contributed by atoms with Gasteiger partial charge in [-0.2, -0.15) is 0 Å². The molecule has 0 radical (unpaired) electrons. The summed E-state index contributed by atoms with van der Waals surface area (Å²) in [7, 11) is 0. The van der Waals surface area contributed by atoms with Crippen molar-refractivity contribution in [2.45, 2.75) is 34.1 Å². The maximum Gasteiger partial charge on any atom is 0.0366 e. The van der Waals surface area contributed by atoms with Gasteiger partial charge in [0.05, 0.1) is 0 Å². The summed E-state index contributed by atoms with van der Waals surface area (Å²) in [5.41, 5.74) is 5.33. The van der Waals surface area contributed by atoms with Crippen molar-refractivity contribution >= 4 is 11.3 Å². The minimum atomic E-state index is 0.259. The van der Waals surface area contributed by atoms with E-state index in [4.69, 9.17) is 0 Å². The molecule has 0 spiro atoms. The van der Waals surface area contributed by atoms with E-state index in [1.807, 2.05) is 6.08 Å². The molecule has 0 saturated heterocycles. The van der Waals surface area contributed by atoms with Crippen molar-refractivity contribution in [2.75, 3.05) is 18.0 Å². The Morgan fingerprint density at radius 2 is 1.83 bits per heavy atom. The zero-order valence-electron chi connectivity index (χ0n) is 15.0. The van der Waals surface area contributed by atoms with Crippen LogP contribution in [0.25, 0.3) is 5.57 Å². The average Bonchev–Trinajstić information content (AvgIpc) is 2.55. The number of hydrogen-bond donors (Lipinski definition) is 0. The van der Waals surface area contributed by atoms with E-state index in [1.54, 1.807) is 0 Å². The fraction of sp³-hybridized carbons (Fsp3) is 0.364. The van der Waals surface area contributed by atoms with Crippen LogP contribution >= 0.6 is 0 Å². The molecule has 0 atom stereocenters. The third-order valence-corrected chi connectivity index (χ3v) is 4.46. The molecule has 0 aliphatic heterocycles. The van der Waals surface area contributed by atoms with Gasteiger partial charge < -0.3 is 4.90 Å². The minimum Gasteiger partial charge on any atom is -0.372 e. The van der Waals surface area contributed by atoms with Crippen LogP contribution in [-0.4, -0.2) is 13.1 Å². The Labute approximate surface area is 141 Å². The summed E-state index contributed by atoms with van der Waals surface area (Å²) in [5.74, 6) is 0. The maximum atomic E-state index is 3.89. The van der Waals surface area contributed by atoms with Crippen LogP contribution in [-0.2, 0) is 0 Å². The van der Waals surface area contributed by atoms with Crippen LogP contribution in [0.4, 0.5) is 5.69 Å². The molecule has 0 fully saturated rings. The highest BCUT2D eigenvalue weighted by molar-refractivity contribution is 5.83. The van der Waals surface area contributed by atoms with Gasteiger partial charge in [-0.1, -0.05) is 62.9 Å². The molecule has 1 aliphatic carbocycles. The molecule has 0 heterocycles. The number of nitrogens with zero attached hydrogens (tertiary/aromatic N) is 1. The molecule has 1 heteroatoms. The van der Waals surface area contributed by atoms with Gasteiger partial charge in [0.15, 0.2) is 0 Å². The summed E-state index contributed by atoms with van der Waals surface area (Å²) in [6, 6.07) is 8.88. The lowest BCUT2D eigenvalue weighted by molar-refractivity contribution is 0.483. The lowest BCUT2D eigenvalue weighted by atomic mass is 9.81. The third kappa shape index (κ3) is 4.25. The molecule has 0 aromatic heterocycles. The van der Waals surface area contributed by atoms with Gasteiger partial charge in [-0.05, 0) is 54.5 Å². The summed E-state index contributed by atoms with van der Waals surface area (Å²) in [6.45, 7) is 14.9. The van der Waals surface area contributed by atoms with E-state index in [9.17, 15) is 0 Å². The largest absolute Gasteiger partial charge is 0.372 e. The predicted octanol–water partition coefficient (Wildman–Crippen LogP) is 6.01. The van der Waals surface area contributed by atoms with Crippen molar-refractivity contribution in [3.63, 3.8) is 0 Å². The highest BCUT2D eigenvalue weighted by Gasteiger charge is 2.18. The van der Waals surface area contributed by atoms with Gasteiger partial charge in [-0.25, -0.2) is 0 Å². The van der Waals surface area contributed by atoms with Crippen LogP contribution in [0, 0.1) is 5.41 Å². The van der Waals surface area contributed by atoms with Gasteiger partial charge in [0.25, 0.3) is 0 Å². The molecule has 23 heavy (non-hydrogen) atoms. The molecule has 122 valence electrons. The molecule has 1 nitrogen and oxygen atoms in total. The van der Waals surface area contributed by atoms with Crippen LogP contribution in [0.15, 0.2) is 66.8 Å². The smallest absolute Gasteiger partial charge is 0.0366 e. The first-order chi connectivity index (χ1) is 11.0. The van der Waals surface area contributed by atoms with Gasteiger partial charge in [0, 0.05) is 18.8 Å². The van der Waals surface area contributed by atoms with Gasteiger partial charge in [-0.3, -0.25) is 0 Å². The van der Waals surface area contributed by atoms with Crippen LogP contribution in [0.3, 0.4) is 0 Å². The summed E-state index contributed by atoms with van der Waals surface area (Å²) in [5, 5.41) is 0. The second kappa shape index (κ2) is 7.50. The average molecular weight is 307 g/mol. The Hall–Kier alpha value is -2.02. The first kappa shape index (κ1) is 17.3. The van der Waals surface area contributed by atoms with Crippen molar-refractivity contribution in [3.05, 3.63) is 72.4 Å². The number of hydrogen-bond acceptors (Lipinski definition) is 1. The molecule has 0 amide bonds. The van der Waals surface area contributed by atoms with Gasteiger partial charge >= 0.3 is 0 Å². The molecule has 0 N–H and O–H groups in total. The molecule has 0 saturated carbocycles. The zero-order valence-corrected chi connectivity index (χ0v) is 15.0. The molecule has 0 unspecified atom stereocenters. The fourth-order valence-corrected chi connectivity index (χ4v) is 2.94. The first-order valence-electron chi connectivity index (χ1n) is 8.58. The van der Waals surface area contributed by atoms with Gasteiger partial charge in [-0.15, -0.1) is 0 Å². The number of benzene rings is 1. The van der Waals surface area contributed by atoms with Gasteiger partial charge in [0.2, 0.25) is 0 Å². The second-order valence-electron chi connectivity index (χ2n) is 6.72. The van der Waals surface area contributed by atoms with Crippen molar-refractivity contribution in [2.24, 2.45) is 5.41 Å². The highest BCUT2D eigenvalue weighted by Crippen LogP contribution is 2.34. The lowest BCUT2D eigenvalue weighted by Crippen LogP contribution is -2.21. The Morgan fingerprint density at radius 3 is 2.30 bits per heavy atom. The van der Waals surface area contributed by atoms with Crippen molar-refractivity contribution in [1.29, 1.82) is 0 Å². The Kier molecular flexibility index (Phi) is 5.65. The molecular weight excluding hydrogens is 278 g/mol. The quantitative estimate of drug-likeness (QED) is 0.581. The molecular formula is C22H29N. The molecule has 0 bridgehead atoms. The van der Waals surface area contributed by atoms with Crippen LogP contribution < -0.4 is 4.90 Å². The fourth-order valence-electron chi connectivity index (χ4n) is 2.94. The Morgan fingerprint density at radius 1 is 1.17 bits per heavy atom. The number of rotatable bonds is 6. The van der Waals surface area contributed by atoms with Crippen molar-refractivity contribution < 1.29 is 0 Å². The monoisotopic (exact) mass is 307 g/mol. The van der Waals surface area contributed by atoms with E-state index < -0.39 is 0 Å². The predicted molar refractivity (Wildman–Crippen MR) is 104 cm³/mol. The lowest BCUT2D eigenvalue weighted by Gasteiger charge is -2.24. The first-order valence-corrected chi connectivity index (χ1v) is 8.58. The number of allylic oxidation sites excluding steroid dienone is 7. The van der Waals surface area contributed by atoms with E-state index in [-0.39, 0.29) is 5.41 Å². The van der Waals surface area contributed by atoms with Crippen LogP contribution in [0.5, 0.6) is 0 Å². The van der Waals surface area contributed by atoms with Crippen LogP contribution in [0.2, 0.25) is 0 Å². The van der Waals surface area contributed by atoms with Crippen LogP contribution in [0.1, 0.15) is 39.7 Å². The topological polar surface area (TPSA) is 3.24 Å². The zero-order chi connectivity index (χ0) is 16.9. The van der Waals surface area contributed by atoms with E-state index in [0.29, 0.717) is 0 Å². The number of anilines is 1. The normalized spacial score (nSPS) is 16.9. The summed E-state index contributed by atoms with van der Waals surface area (Å²) >= 11 is 0. The summed E-state index contributed by atoms with van der Waals surface area (Å²) < 4.78 is 0. The standard InChI is InChI=1S/C22H29N/c1-6-9-21(19-14-16-22(4,5)17-15-19)18-10-12-20(13-11-18)23(7-2)8-3/h6,9-16H,1,7-8,17H2,2-5H3. The van der Waals surface area contributed by atoms with E-state index in [2.05, 4.69) is 87.7 Å². The summed E-state index contributed by atoms with van der Waals surface area (Å²) in [6.07, 6.45) is 12.0. The highest BCUT2D eigenvalue weighted by atomic mass is 15.1. The minimum absolute atomic E-state index is 0.259. The van der Waals surface area contributed by atoms with Crippen molar-refractivity contribution in [1.82, 2.24) is 0 Å². The summed E-state index contributed by atoms with van der Waals surface area (Å²) in [4.78, 5) is 2.36. The Balaban J connectivity index is 2.30. The Bertz CT molecular complexity index is 622. The van der Waals surface area contributed by atoms with Gasteiger partial charge in [0.1, 0.15) is 0 Å². The third-order valence-electron chi connectivity index (χ3n) is 4.46. The molecule has 1 aromatic rings. The van der Waals surface area contributed by atoms with E-state index in [1.165, 1.54) is 22.4 Å². The van der Waals surface area contributed by atoms with E-state index >= 15 is 0 Å². The molecule has 1 aromatic carbocycles. The van der Waals surface area contributed by atoms with E-state index in [0.717, 1.165) is 19.5 Å². The SMILES string of the molecule is C=CC=C(C1=CCC(C)(C)C=C1)c1ccc(N(CC)CC)cc1. The molecule has 2 rings (SSSR count). The maximum absolute atomic E-state index is 3.89. The van der Waals surface area contributed by atoms with Crippen molar-refractivity contribution in [3.8, 4) is 0 Å².